The molecule has 1 unspecified atom stereocenters. The first kappa shape index (κ1) is 18.4. The van der Waals surface area contributed by atoms with Crippen LogP contribution in [0, 0.1) is 0 Å². The van der Waals surface area contributed by atoms with Crippen LogP contribution in [0.2, 0.25) is 0 Å². The molecule has 0 N–H and O–H groups in total. The van der Waals surface area contributed by atoms with Crippen molar-refractivity contribution in [2.45, 2.75) is 38.2 Å². The third-order valence-electron chi connectivity index (χ3n) is 5.19. The highest BCUT2D eigenvalue weighted by molar-refractivity contribution is 5.48. The number of ether oxygens (including phenoxy) is 2. The molecule has 0 aromatic heterocycles. The molecule has 0 fully saturated rings. The van der Waals surface area contributed by atoms with Gasteiger partial charge in [-0.1, -0.05) is 48.5 Å². The molecule has 3 aromatic carbocycles. The molecule has 0 amide bonds. The number of para-hydroxylation sites is 1. The quantitative estimate of drug-likeness (QED) is 0.470. The Hall–Kier alpha value is -2.94. The predicted molar refractivity (Wildman–Crippen MR) is 110 cm³/mol. The van der Waals surface area contributed by atoms with Gasteiger partial charge in [-0.25, -0.2) is 0 Å². The van der Waals surface area contributed by atoms with Crippen LogP contribution in [0.4, 0.5) is 0 Å². The third kappa shape index (κ3) is 4.66. The van der Waals surface area contributed by atoms with Crippen molar-refractivity contribution in [3.05, 3.63) is 89.5 Å². The van der Waals surface area contributed by atoms with Crippen LogP contribution in [0.3, 0.4) is 0 Å². The van der Waals surface area contributed by atoms with E-state index in [-0.39, 0.29) is 11.9 Å². The van der Waals surface area contributed by atoms with Crippen molar-refractivity contribution in [2.75, 3.05) is 6.61 Å². The Balaban J connectivity index is 1.29. The van der Waals surface area contributed by atoms with Crippen molar-refractivity contribution in [1.82, 2.24) is 0 Å². The molecule has 1 atom stereocenters. The van der Waals surface area contributed by atoms with E-state index < -0.39 is 0 Å². The molecule has 0 saturated heterocycles. The van der Waals surface area contributed by atoms with Gasteiger partial charge in [0.25, 0.3) is 0 Å². The van der Waals surface area contributed by atoms with Gasteiger partial charge in [-0.05, 0) is 55.5 Å². The lowest BCUT2D eigenvalue weighted by atomic mass is 10.0. The first-order valence-electron chi connectivity index (χ1n) is 9.99. The van der Waals surface area contributed by atoms with E-state index in [1.807, 2.05) is 42.5 Å². The standard InChI is InChI=1S/C25H25O3/c26-24-17-21-16-23(14-13-19-8-3-1-4-9-19)28-25(21)18-20(24)10-7-15-27-22-11-5-2-6-12-22/h1-6,8-9,11-12,17-18,23H,7,10,13-16H2. The Morgan fingerprint density at radius 1 is 0.929 bits per heavy atom. The maximum Gasteiger partial charge on any atom is 0.182 e. The summed E-state index contributed by atoms with van der Waals surface area (Å²) in [7, 11) is 0. The predicted octanol–water partition coefficient (Wildman–Crippen LogP) is 5.78. The molecule has 0 saturated carbocycles. The highest BCUT2D eigenvalue weighted by Crippen LogP contribution is 2.36. The molecule has 3 aromatic rings. The van der Waals surface area contributed by atoms with E-state index in [4.69, 9.17) is 9.47 Å². The Labute approximate surface area is 166 Å². The van der Waals surface area contributed by atoms with Gasteiger partial charge in [0.15, 0.2) is 5.75 Å². The summed E-state index contributed by atoms with van der Waals surface area (Å²) >= 11 is 0. The molecule has 28 heavy (non-hydrogen) atoms. The number of fused-ring (bicyclic) bond motifs is 1. The minimum Gasteiger partial charge on any atom is -0.494 e. The van der Waals surface area contributed by atoms with Crippen LogP contribution in [0.25, 0.3) is 0 Å². The number of aryl methyl sites for hydroxylation is 2. The first-order valence-corrected chi connectivity index (χ1v) is 9.99. The Bertz CT molecular complexity index is 890. The fraction of sp³-hybridized carbons (Fsp3) is 0.280. The molecule has 4 rings (SSSR count). The summed E-state index contributed by atoms with van der Waals surface area (Å²) < 4.78 is 11.8. The minimum absolute atomic E-state index is 0.116. The summed E-state index contributed by atoms with van der Waals surface area (Å²) in [5.41, 5.74) is 3.19. The average Bonchev–Trinajstić information content (AvgIpc) is 3.13. The van der Waals surface area contributed by atoms with Gasteiger partial charge in [-0.15, -0.1) is 0 Å². The van der Waals surface area contributed by atoms with Crippen LogP contribution in [0.15, 0.2) is 72.8 Å². The van der Waals surface area contributed by atoms with Crippen molar-refractivity contribution in [1.29, 1.82) is 0 Å². The van der Waals surface area contributed by atoms with Crippen molar-refractivity contribution in [3.8, 4) is 17.2 Å². The van der Waals surface area contributed by atoms with Gasteiger partial charge in [0.1, 0.15) is 17.6 Å². The van der Waals surface area contributed by atoms with Gasteiger partial charge < -0.3 is 9.47 Å². The van der Waals surface area contributed by atoms with Gasteiger partial charge >= 0.3 is 0 Å². The summed E-state index contributed by atoms with van der Waals surface area (Å²) in [6, 6.07) is 23.9. The van der Waals surface area contributed by atoms with Crippen molar-refractivity contribution in [2.24, 2.45) is 0 Å². The lowest BCUT2D eigenvalue weighted by Gasteiger charge is -2.11. The minimum atomic E-state index is 0.116. The second kappa shape index (κ2) is 8.83. The summed E-state index contributed by atoms with van der Waals surface area (Å²) in [6.07, 6.45) is 4.46. The van der Waals surface area contributed by atoms with Crippen molar-refractivity contribution >= 4 is 0 Å². The largest absolute Gasteiger partial charge is 0.494 e. The molecular weight excluding hydrogens is 348 g/mol. The van der Waals surface area contributed by atoms with Gasteiger partial charge in [-0.2, -0.15) is 0 Å². The van der Waals surface area contributed by atoms with Crippen molar-refractivity contribution in [3.63, 3.8) is 0 Å². The Kier molecular flexibility index (Phi) is 5.81. The molecule has 1 heterocycles. The average molecular weight is 373 g/mol. The van der Waals surface area contributed by atoms with Crippen LogP contribution in [-0.4, -0.2) is 12.7 Å². The molecule has 143 valence electrons. The topological polar surface area (TPSA) is 38.4 Å². The van der Waals surface area contributed by atoms with Gasteiger partial charge in [0.05, 0.1) is 6.61 Å². The normalized spacial score (nSPS) is 15.1. The van der Waals surface area contributed by atoms with Crippen LogP contribution >= 0.6 is 0 Å². The molecular formula is C25H25O3. The lowest BCUT2D eigenvalue weighted by molar-refractivity contribution is 0.221. The Morgan fingerprint density at radius 2 is 1.68 bits per heavy atom. The summed E-state index contributed by atoms with van der Waals surface area (Å²) in [5, 5.41) is 12.4. The van der Waals surface area contributed by atoms with E-state index in [2.05, 4.69) is 24.3 Å². The van der Waals surface area contributed by atoms with E-state index in [1.165, 1.54) is 5.56 Å². The van der Waals surface area contributed by atoms with Crippen LogP contribution in [0.1, 0.15) is 29.5 Å². The molecule has 1 aliphatic rings. The summed E-state index contributed by atoms with van der Waals surface area (Å²) in [5.74, 6) is 1.87. The van der Waals surface area contributed by atoms with Gasteiger partial charge in [-0.3, -0.25) is 5.11 Å². The summed E-state index contributed by atoms with van der Waals surface area (Å²) in [4.78, 5) is 0. The fourth-order valence-corrected chi connectivity index (χ4v) is 3.68. The monoisotopic (exact) mass is 373 g/mol. The number of hydrogen-bond donors (Lipinski definition) is 0. The van der Waals surface area contributed by atoms with E-state index in [0.717, 1.165) is 48.3 Å². The molecule has 0 spiro atoms. The summed E-state index contributed by atoms with van der Waals surface area (Å²) in [6.45, 7) is 0.598. The van der Waals surface area contributed by atoms with E-state index >= 15 is 0 Å². The maximum absolute atomic E-state index is 12.4. The number of rotatable bonds is 8. The van der Waals surface area contributed by atoms with E-state index in [1.54, 1.807) is 6.07 Å². The first-order chi connectivity index (χ1) is 13.8. The van der Waals surface area contributed by atoms with Crippen LogP contribution in [-0.2, 0) is 24.4 Å². The molecule has 0 bridgehead atoms. The second-order valence-electron chi connectivity index (χ2n) is 7.30. The third-order valence-corrected chi connectivity index (χ3v) is 5.19. The molecule has 0 aliphatic carbocycles. The number of benzene rings is 3. The molecule has 3 heteroatoms. The van der Waals surface area contributed by atoms with E-state index in [0.29, 0.717) is 13.0 Å². The van der Waals surface area contributed by atoms with Gasteiger partial charge in [0, 0.05) is 17.5 Å². The number of hydrogen-bond acceptors (Lipinski definition) is 2. The highest BCUT2D eigenvalue weighted by Gasteiger charge is 2.24. The Morgan fingerprint density at radius 3 is 2.46 bits per heavy atom. The van der Waals surface area contributed by atoms with Crippen molar-refractivity contribution < 1.29 is 14.6 Å². The van der Waals surface area contributed by atoms with E-state index in [9.17, 15) is 5.11 Å². The zero-order valence-electron chi connectivity index (χ0n) is 16.0. The second-order valence-corrected chi connectivity index (χ2v) is 7.30. The molecule has 1 aliphatic heterocycles. The fourth-order valence-electron chi connectivity index (χ4n) is 3.68. The maximum atomic E-state index is 12.4. The smallest absolute Gasteiger partial charge is 0.182 e. The van der Waals surface area contributed by atoms with Crippen LogP contribution in [0.5, 0.6) is 17.2 Å². The lowest BCUT2D eigenvalue weighted by Crippen LogP contribution is -2.13. The molecule has 1 radical (unpaired) electrons. The zero-order chi connectivity index (χ0) is 19.2. The molecule has 3 nitrogen and oxygen atoms in total. The zero-order valence-corrected chi connectivity index (χ0v) is 16.0. The SMILES string of the molecule is [O]c1cc2c(cc1CCCOc1ccccc1)OC(CCc1ccccc1)C2. The highest BCUT2D eigenvalue weighted by atomic mass is 16.5. The van der Waals surface area contributed by atoms with Crippen LogP contribution < -0.4 is 9.47 Å². The van der Waals surface area contributed by atoms with Gasteiger partial charge in [0.2, 0.25) is 0 Å².